The van der Waals surface area contributed by atoms with E-state index in [1.807, 2.05) is 0 Å². The average Bonchev–Trinajstić information content (AvgIpc) is 3.57. The van der Waals surface area contributed by atoms with Gasteiger partial charge in [-0.05, 0) is 91.8 Å². The number of rotatable bonds is 15. The number of fused-ring (bicyclic) bond motifs is 3. The predicted molar refractivity (Wildman–Crippen MR) is 270 cm³/mol. The van der Waals surface area contributed by atoms with Gasteiger partial charge >= 0.3 is 0 Å². The van der Waals surface area contributed by atoms with E-state index in [1.54, 1.807) is 0 Å². The molecule has 370 valence electrons. The summed E-state index contributed by atoms with van der Waals surface area (Å²) in [6.07, 6.45) is 18.1. The summed E-state index contributed by atoms with van der Waals surface area (Å²) in [5.74, 6) is 0. The summed E-state index contributed by atoms with van der Waals surface area (Å²) in [6, 6.07) is 25.9. The van der Waals surface area contributed by atoms with Crippen molar-refractivity contribution in [3.8, 4) is 0 Å². The van der Waals surface area contributed by atoms with Crippen LogP contribution in [-0.2, 0) is 53.1 Å². The third kappa shape index (κ3) is 18.3. The first-order chi connectivity index (χ1) is 31.3. The Morgan fingerprint density at radius 2 is 0.758 bits per heavy atom. The van der Waals surface area contributed by atoms with Gasteiger partial charge in [0.05, 0.1) is 56.4 Å². The fraction of sp³-hybridized carbons (Fsp3) is 0.679. The molecule has 10 nitrogen and oxygen atoms in total. The molecule has 0 aromatic heterocycles. The highest BCUT2D eigenvalue weighted by atomic mass is 16.5. The molecule has 0 bridgehead atoms. The zero-order valence-electron chi connectivity index (χ0n) is 39.3. The van der Waals surface area contributed by atoms with Crippen LogP contribution >= 0.6 is 0 Å². The number of hydrogen-bond donors (Lipinski definition) is 3. The van der Waals surface area contributed by atoms with Gasteiger partial charge in [-0.15, -0.1) is 0 Å². The lowest BCUT2D eigenvalue weighted by Crippen LogP contribution is -2.39. The SMILES string of the molecule is C.C.CN1CCC(OCC(O)CN2CCc3ccccc3C2)C1.OC(COC1CCCCC1)CN1CCc2ccccc2C1.OC(COC1CCCCCC1)CN1CCc2ccccc2C1. The minimum absolute atomic E-state index is 0. The number of aliphatic hydroxyl groups excluding tert-OH is 3. The van der Waals surface area contributed by atoms with Gasteiger partial charge in [-0.1, -0.05) is 133 Å². The second-order valence-corrected chi connectivity index (χ2v) is 19.8. The van der Waals surface area contributed by atoms with Crippen LogP contribution in [0.2, 0.25) is 0 Å². The van der Waals surface area contributed by atoms with Crippen molar-refractivity contribution in [3.63, 3.8) is 0 Å². The molecule has 3 aromatic rings. The van der Waals surface area contributed by atoms with Crippen LogP contribution in [0.3, 0.4) is 0 Å². The topological polar surface area (TPSA) is 101 Å². The number of aliphatic hydroxyl groups is 3. The van der Waals surface area contributed by atoms with Crippen molar-refractivity contribution in [2.75, 3.05) is 79.2 Å². The minimum Gasteiger partial charge on any atom is -0.389 e. The molecule has 2 aliphatic carbocycles. The Balaban J connectivity index is 0.000000183. The molecular weight excluding hydrogens is 825 g/mol. The smallest absolute Gasteiger partial charge is 0.0900 e. The molecule has 0 spiro atoms. The van der Waals surface area contributed by atoms with Gasteiger partial charge < -0.3 is 34.4 Å². The molecule has 0 radical (unpaired) electrons. The molecule has 4 unspecified atom stereocenters. The molecule has 2 saturated carbocycles. The first kappa shape index (κ1) is 54.2. The van der Waals surface area contributed by atoms with E-state index in [-0.39, 0.29) is 33.2 Å². The summed E-state index contributed by atoms with van der Waals surface area (Å²) in [7, 11) is 2.12. The third-order valence-corrected chi connectivity index (χ3v) is 14.3. The summed E-state index contributed by atoms with van der Waals surface area (Å²) in [5, 5.41) is 30.7. The summed E-state index contributed by atoms with van der Waals surface area (Å²) in [5.41, 5.74) is 8.59. The van der Waals surface area contributed by atoms with Gasteiger partial charge in [-0.25, -0.2) is 0 Å². The molecule has 0 amide bonds. The fourth-order valence-electron chi connectivity index (χ4n) is 10.6. The number of likely N-dealkylation sites (N-methyl/N-ethyl adjacent to an activating group) is 1. The van der Waals surface area contributed by atoms with Gasteiger partial charge in [-0.2, -0.15) is 0 Å². The first-order valence-electron chi connectivity index (χ1n) is 25.3. The summed E-state index contributed by atoms with van der Waals surface area (Å²) in [4.78, 5) is 9.30. The number of β-amino-alcohol motifs (C(OH)–C–C–N with tert-alkyl or cyclic N) is 3. The molecule has 4 heterocycles. The van der Waals surface area contributed by atoms with Crippen LogP contribution in [0.5, 0.6) is 0 Å². The summed E-state index contributed by atoms with van der Waals surface area (Å²) in [6.45, 7) is 11.6. The van der Waals surface area contributed by atoms with Crippen LogP contribution in [0.1, 0.15) is 125 Å². The van der Waals surface area contributed by atoms with E-state index < -0.39 is 0 Å². The summed E-state index contributed by atoms with van der Waals surface area (Å²) >= 11 is 0. The van der Waals surface area contributed by atoms with Crippen LogP contribution in [-0.4, -0.2) is 151 Å². The second kappa shape index (κ2) is 29.3. The number of ether oxygens (including phenoxy) is 3. The Morgan fingerprint density at radius 1 is 0.439 bits per heavy atom. The van der Waals surface area contributed by atoms with E-state index in [1.165, 1.54) is 104 Å². The zero-order valence-corrected chi connectivity index (χ0v) is 39.3. The van der Waals surface area contributed by atoms with Gasteiger partial charge in [-0.3, -0.25) is 14.7 Å². The van der Waals surface area contributed by atoms with E-state index >= 15 is 0 Å². The van der Waals surface area contributed by atoms with Crippen LogP contribution in [0.25, 0.3) is 0 Å². The van der Waals surface area contributed by atoms with Gasteiger partial charge in [0, 0.05) is 72.0 Å². The number of hydrogen-bond acceptors (Lipinski definition) is 10. The molecular formula is C56H90N4O6. The Labute approximate surface area is 400 Å². The highest BCUT2D eigenvalue weighted by Crippen LogP contribution is 2.24. The van der Waals surface area contributed by atoms with Crippen molar-refractivity contribution < 1.29 is 29.5 Å². The molecule has 4 atom stereocenters. The lowest BCUT2D eigenvalue weighted by atomic mass is 9.98. The second-order valence-electron chi connectivity index (χ2n) is 19.8. The monoisotopic (exact) mass is 915 g/mol. The van der Waals surface area contributed by atoms with E-state index in [2.05, 4.69) is 99.4 Å². The maximum Gasteiger partial charge on any atom is 0.0900 e. The lowest BCUT2D eigenvalue weighted by Gasteiger charge is -2.31. The van der Waals surface area contributed by atoms with Crippen molar-refractivity contribution in [3.05, 3.63) is 106 Å². The standard InChI is InChI=1S/C19H29NO2.C18H27NO2.C17H26N2O2.2CH4/c21-18(15-22-19-9-3-1-2-4-10-19)14-20-12-11-16-7-5-6-8-17(16)13-20;20-17(14-21-18-8-2-1-3-9-18)13-19-11-10-15-6-4-5-7-16(15)12-19;1-18-8-7-17(12-18)21-13-16(20)11-19-9-6-14-4-2-3-5-15(14)10-19;;/h5-8,18-19,21H,1-4,9-15H2;4-7,17-18,20H,1-3,8-14H2;2-5,16-17,20H,6-13H2,1H3;2*1H4. The number of nitrogens with zero attached hydrogens (tertiary/aromatic N) is 4. The third-order valence-electron chi connectivity index (χ3n) is 14.3. The van der Waals surface area contributed by atoms with E-state index in [9.17, 15) is 15.3 Å². The number of benzene rings is 3. The Bertz CT molecular complexity index is 1700. The zero-order chi connectivity index (χ0) is 44.4. The Hall–Kier alpha value is -2.74. The quantitative estimate of drug-likeness (QED) is 0.129. The molecule has 6 aliphatic rings. The minimum atomic E-state index is -0.388. The maximum absolute atomic E-state index is 10.3. The Morgan fingerprint density at radius 3 is 1.09 bits per heavy atom. The van der Waals surface area contributed by atoms with E-state index in [0.717, 1.165) is 91.1 Å². The maximum atomic E-state index is 10.3. The van der Waals surface area contributed by atoms with Gasteiger partial charge in [0.1, 0.15) is 0 Å². The van der Waals surface area contributed by atoms with Crippen LogP contribution in [0.4, 0.5) is 0 Å². The van der Waals surface area contributed by atoms with E-state index in [4.69, 9.17) is 14.2 Å². The van der Waals surface area contributed by atoms with Crippen LogP contribution < -0.4 is 0 Å². The highest BCUT2D eigenvalue weighted by molar-refractivity contribution is 5.30. The van der Waals surface area contributed by atoms with Crippen molar-refractivity contribution in [2.45, 2.75) is 167 Å². The fourth-order valence-corrected chi connectivity index (χ4v) is 10.6. The van der Waals surface area contributed by atoms with Crippen molar-refractivity contribution in [1.82, 2.24) is 19.6 Å². The van der Waals surface area contributed by atoms with Crippen LogP contribution in [0.15, 0.2) is 72.8 Å². The van der Waals surface area contributed by atoms with Crippen molar-refractivity contribution in [2.24, 2.45) is 0 Å². The normalized spacial score (nSPS) is 22.3. The molecule has 1 saturated heterocycles. The molecule has 66 heavy (non-hydrogen) atoms. The molecule has 10 heteroatoms. The largest absolute Gasteiger partial charge is 0.389 e. The molecule has 3 N–H and O–H groups in total. The first-order valence-corrected chi connectivity index (χ1v) is 25.3. The predicted octanol–water partition coefficient (Wildman–Crippen LogP) is 8.30. The van der Waals surface area contributed by atoms with Gasteiger partial charge in [0.25, 0.3) is 0 Å². The van der Waals surface area contributed by atoms with E-state index in [0.29, 0.717) is 44.7 Å². The lowest BCUT2D eigenvalue weighted by molar-refractivity contribution is -0.0344. The highest BCUT2D eigenvalue weighted by Gasteiger charge is 2.25. The molecule has 9 rings (SSSR count). The Kier molecular flexibility index (Phi) is 24.1. The number of likely N-dealkylation sites (tertiary alicyclic amines) is 1. The molecule has 4 aliphatic heterocycles. The van der Waals surface area contributed by atoms with Crippen molar-refractivity contribution >= 4 is 0 Å². The van der Waals surface area contributed by atoms with Gasteiger partial charge in [0.2, 0.25) is 0 Å². The average molecular weight is 915 g/mol. The van der Waals surface area contributed by atoms with Crippen molar-refractivity contribution in [1.29, 1.82) is 0 Å². The van der Waals surface area contributed by atoms with Gasteiger partial charge in [0.15, 0.2) is 0 Å². The molecule has 3 fully saturated rings. The van der Waals surface area contributed by atoms with Crippen LogP contribution in [0, 0.1) is 0 Å². The summed E-state index contributed by atoms with van der Waals surface area (Å²) < 4.78 is 17.7. The molecule has 3 aromatic carbocycles.